The Kier molecular flexibility index (Phi) is 5.83. The summed E-state index contributed by atoms with van der Waals surface area (Å²) in [7, 11) is 1.65. The first-order valence-electron chi connectivity index (χ1n) is 6.98. The molecule has 5 nitrogen and oxygen atoms in total. The largest absolute Gasteiger partial charge is 0.497 e. The van der Waals surface area contributed by atoms with E-state index in [2.05, 4.69) is 10.6 Å². The second-order valence-corrected chi connectivity index (χ2v) is 4.88. The number of rotatable bonds is 6. The van der Waals surface area contributed by atoms with Gasteiger partial charge in [0.25, 0.3) is 0 Å². The molecule has 0 radical (unpaired) electrons. The van der Waals surface area contributed by atoms with Gasteiger partial charge in [-0.2, -0.15) is 0 Å². The summed E-state index contributed by atoms with van der Waals surface area (Å²) in [5.74, 6) is 0.919. The summed E-state index contributed by atoms with van der Waals surface area (Å²) in [6.45, 7) is 2.82. The average Bonchev–Trinajstić information content (AvgIpc) is 2.49. The minimum atomic E-state index is 0.0708. The van der Waals surface area contributed by atoms with Gasteiger partial charge >= 0.3 is 0 Å². The van der Waals surface area contributed by atoms with Crippen molar-refractivity contribution in [1.29, 1.82) is 0 Å². The van der Waals surface area contributed by atoms with Crippen LogP contribution in [-0.4, -0.2) is 45.4 Å². The molecule has 2 rings (SSSR count). The number of nitrogens with one attached hydrogen (secondary N) is 2. The molecular weight excluding hydrogens is 256 g/mol. The van der Waals surface area contributed by atoms with Crippen molar-refractivity contribution in [2.75, 3.05) is 33.4 Å². The maximum atomic E-state index is 11.8. The average molecular weight is 278 g/mol. The van der Waals surface area contributed by atoms with Gasteiger partial charge in [0.15, 0.2) is 0 Å². The van der Waals surface area contributed by atoms with Crippen LogP contribution in [0, 0.1) is 0 Å². The van der Waals surface area contributed by atoms with E-state index in [1.165, 1.54) is 5.56 Å². The molecule has 1 aliphatic heterocycles. The minimum Gasteiger partial charge on any atom is -0.497 e. The van der Waals surface area contributed by atoms with Crippen LogP contribution in [0.1, 0.15) is 12.0 Å². The van der Waals surface area contributed by atoms with Crippen molar-refractivity contribution in [1.82, 2.24) is 10.6 Å². The first-order valence-corrected chi connectivity index (χ1v) is 6.98. The number of carbonyl (C=O) groups is 1. The highest BCUT2D eigenvalue weighted by atomic mass is 16.5. The monoisotopic (exact) mass is 278 g/mol. The number of methoxy groups -OCH3 is 1. The van der Waals surface area contributed by atoms with Crippen LogP contribution in [0.25, 0.3) is 0 Å². The summed E-state index contributed by atoms with van der Waals surface area (Å²) in [5.41, 5.74) is 1.19. The molecule has 20 heavy (non-hydrogen) atoms. The minimum absolute atomic E-state index is 0.0708. The van der Waals surface area contributed by atoms with Gasteiger partial charge < -0.3 is 20.1 Å². The fraction of sp³-hybridized carbons (Fsp3) is 0.533. The third-order valence-corrected chi connectivity index (χ3v) is 3.33. The predicted molar refractivity (Wildman–Crippen MR) is 76.9 cm³/mol. The maximum absolute atomic E-state index is 11.8. The number of hydrogen-bond donors (Lipinski definition) is 2. The topological polar surface area (TPSA) is 59.6 Å². The summed E-state index contributed by atoms with van der Waals surface area (Å²) in [6.07, 6.45) is 1.30. The Morgan fingerprint density at radius 1 is 1.45 bits per heavy atom. The number of benzene rings is 1. The van der Waals surface area contributed by atoms with Crippen LogP contribution in [0.2, 0.25) is 0 Å². The molecule has 0 aromatic heterocycles. The van der Waals surface area contributed by atoms with E-state index in [9.17, 15) is 4.79 Å². The second-order valence-electron chi connectivity index (χ2n) is 4.88. The van der Waals surface area contributed by atoms with E-state index >= 15 is 0 Å². The standard InChI is InChI=1S/C15H22N2O3/c1-19-14-4-2-12(3-5-14)6-7-17-15(18)10-13-11-20-9-8-16-13/h2-5,13,16H,6-11H2,1H3,(H,17,18). The Balaban J connectivity index is 1.65. The van der Waals surface area contributed by atoms with E-state index in [0.717, 1.165) is 25.3 Å². The molecule has 0 spiro atoms. The molecule has 1 unspecified atom stereocenters. The first kappa shape index (κ1) is 14.8. The van der Waals surface area contributed by atoms with Crippen molar-refractivity contribution in [3.8, 4) is 5.75 Å². The van der Waals surface area contributed by atoms with Gasteiger partial charge in [0.2, 0.25) is 5.91 Å². The van der Waals surface area contributed by atoms with Gasteiger partial charge in [-0.3, -0.25) is 4.79 Å². The Morgan fingerprint density at radius 2 is 2.25 bits per heavy atom. The SMILES string of the molecule is COc1ccc(CCNC(=O)CC2COCCN2)cc1. The molecule has 1 amide bonds. The Morgan fingerprint density at radius 3 is 2.90 bits per heavy atom. The lowest BCUT2D eigenvalue weighted by molar-refractivity contribution is -0.122. The van der Waals surface area contributed by atoms with E-state index in [1.54, 1.807) is 7.11 Å². The van der Waals surface area contributed by atoms with Crippen LogP contribution in [0.4, 0.5) is 0 Å². The van der Waals surface area contributed by atoms with Crippen molar-refractivity contribution < 1.29 is 14.3 Å². The van der Waals surface area contributed by atoms with E-state index in [0.29, 0.717) is 19.6 Å². The molecule has 0 aliphatic carbocycles. The molecule has 5 heteroatoms. The van der Waals surface area contributed by atoms with Crippen LogP contribution in [-0.2, 0) is 16.0 Å². The fourth-order valence-electron chi connectivity index (χ4n) is 2.19. The number of amides is 1. The van der Waals surface area contributed by atoms with Gasteiger partial charge in [0, 0.05) is 25.6 Å². The summed E-state index contributed by atoms with van der Waals surface area (Å²) >= 11 is 0. The summed E-state index contributed by atoms with van der Waals surface area (Å²) in [5, 5.41) is 6.21. The number of ether oxygens (including phenoxy) is 2. The summed E-state index contributed by atoms with van der Waals surface area (Å²) < 4.78 is 10.4. The van der Waals surface area contributed by atoms with E-state index in [1.807, 2.05) is 24.3 Å². The van der Waals surface area contributed by atoms with Gasteiger partial charge in [-0.15, -0.1) is 0 Å². The Labute approximate surface area is 119 Å². The van der Waals surface area contributed by atoms with Crippen molar-refractivity contribution in [2.45, 2.75) is 18.9 Å². The van der Waals surface area contributed by atoms with Crippen molar-refractivity contribution in [2.24, 2.45) is 0 Å². The lowest BCUT2D eigenvalue weighted by Crippen LogP contribution is -2.44. The molecule has 2 N–H and O–H groups in total. The van der Waals surface area contributed by atoms with Gasteiger partial charge in [-0.25, -0.2) is 0 Å². The summed E-state index contributed by atoms with van der Waals surface area (Å²) in [4.78, 5) is 11.8. The van der Waals surface area contributed by atoms with Gasteiger partial charge in [-0.1, -0.05) is 12.1 Å². The van der Waals surface area contributed by atoms with Crippen molar-refractivity contribution >= 4 is 5.91 Å². The molecule has 0 bridgehead atoms. The van der Waals surface area contributed by atoms with Gasteiger partial charge in [-0.05, 0) is 24.1 Å². The molecule has 0 saturated carbocycles. The number of hydrogen-bond acceptors (Lipinski definition) is 4. The molecule has 1 heterocycles. The lowest BCUT2D eigenvalue weighted by Gasteiger charge is -2.23. The van der Waals surface area contributed by atoms with Crippen LogP contribution < -0.4 is 15.4 Å². The highest BCUT2D eigenvalue weighted by Crippen LogP contribution is 2.11. The molecule has 1 aromatic rings. The van der Waals surface area contributed by atoms with Crippen LogP contribution in [0.3, 0.4) is 0 Å². The normalized spacial score (nSPS) is 18.6. The van der Waals surface area contributed by atoms with Crippen molar-refractivity contribution in [3.05, 3.63) is 29.8 Å². The molecular formula is C15H22N2O3. The molecule has 1 atom stereocenters. The predicted octanol–water partition coefficient (Wildman–Crippen LogP) is 0.732. The Hall–Kier alpha value is -1.59. The van der Waals surface area contributed by atoms with Crippen LogP contribution in [0.5, 0.6) is 5.75 Å². The van der Waals surface area contributed by atoms with Gasteiger partial charge in [0.1, 0.15) is 5.75 Å². The number of carbonyl (C=O) groups excluding carboxylic acids is 1. The lowest BCUT2D eigenvalue weighted by atomic mass is 10.1. The van der Waals surface area contributed by atoms with E-state index < -0.39 is 0 Å². The van der Waals surface area contributed by atoms with Crippen molar-refractivity contribution in [3.63, 3.8) is 0 Å². The zero-order valence-electron chi connectivity index (χ0n) is 11.9. The molecule has 1 saturated heterocycles. The van der Waals surface area contributed by atoms with Crippen LogP contribution in [0.15, 0.2) is 24.3 Å². The van der Waals surface area contributed by atoms with E-state index in [4.69, 9.17) is 9.47 Å². The third-order valence-electron chi connectivity index (χ3n) is 3.33. The van der Waals surface area contributed by atoms with Gasteiger partial charge in [0.05, 0.1) is 20.3 Å². The zero-order valence-corrected chi connectivity index (χ0v) is 11.9. The second kappa shape index (κ2) is 7.87. The van der Waals surface area contributed by atoms with E-state index in [-0.39, 0.29) is 11.9 Å². The maximum Gasteiger partial charge on any atom is 0.221 e. The molecule has 1 fully saturated rings. The number of morpholine rings is 1. The Bertz CT molecular complexity index is 414. The third kappa shape index (κ3) is 4.83. The smallest absolute Gasteiger partial charge is 0.221 e. The quantitative estimate of drug-likeness (QED) is 0.805. The van der Waals surface area contributed by atoms with Crippen LogP contribution >= 0.6 is 0 Å². The molecule has 110 valence electrons. The highest BCUT2D eigenvalue weighted by Gasteiger charge is 2.16. The molecule has 1 aromatic carbocycles. The zero-order chi connectivity index (χ0) is 14.2. The highest BCUT2D eigenvalue weighted by molar-refractivity contribution is 5.76. The molecule has 1 aliphatic rings. The first-order chi connectivity index (χ1) is 9.78. The summed E-state index contributed by atoms with van der Waals surface area (Å²) in [6, 6.07) is 8.04. The fourth-order valence-corrected chi connectivity index (χ4v) is 2.19.